The van der Waals surface area contributed by atoms with Gasteiger partial charge in [0, 0.05) is 29.8 Å². The first-order chi connectivity index (χ1) is 13.0. The van der Waals surface area contributed by atoms with Crippen LogP contribution in [-0.4, -0.2) is 36.8 Å². The highest BCUT2D eigenvalue weighted by Crippen LogP contribution is 2.40. The lowest BCUT2D eigenvalue weighted by Crippen LogP contribution is -2.06. The van der Waals surface area contributed by atoms with E-state index in [0.29, 0.717) is 29.6 Å². The molecule has 0 saturated carbocycles. The molecule has 0 fully saturated rings. The highest BCUT2D eigenvalue weighted by Gasteiger charge is 2.14. The quantitative estimate of drug-likeness (QED) is 0.580. The second-order valence-corrected chi connectivity index (χ2v) is 5.98. The number of fused-ring (bicyclic) bond motifs is 1. The van der Waals surface area contributed by atoms with Crippen LogP contribution in [0.4, 0.5) is 17.5 Å². The first kappa shape index (κ1) is 20.8. The number of nitrogen functional groups attached to an aromatic ring is 2. The Balaban J connectivity index is 0.00000280. The van der Waals surface area contributed by atoms with E-state index in [1.54, 1.807) is 21.3 Å². The van der Waals surface area contributed by atoms with Crippen LogP contribution in [-0.2, 0) is 6.54 Å². The van der Waals surface area contributed by atoms with Gasteiger partial charge in [-0.05, 0) is 24.1 Å². The molecule has 0 unspecified atom stereocenters. The largest absolute Gasteiger partial charge is 0.493 e. The van der Waals surface area contributed by atoms with Gasteiger partial charge in [0.2, 0.25) is 11.7 Å². The van der Waals surface area contributed by atoms with Crippen molar-refractivity contribution in [2.45, 2.75) is 13.5 Å². The molecule has 28 heavy (non-hydrogen) atoms. The fourth-order valence-electron chi connectivity index (χ4n) is 3.06. The Bertz CT molecular complexity index is 969. The number of methoxy groups -OCH3 is 3. The number of nitrogens with one attached hydrogen (secondary N) is 1. The Morgan fingerprint density at radius 1 is 0.964 bits per heavy atom. The molecule has 1 aromatic heterocycles. The Labute approximate surface area is 162 Å². The zero-order chi connectivity index (χ0) is 19.6. The van der Waals surface area contributed by atoms with Crippen LogP contribution in [0.15, 0.2) is 24.3 Å². The summed E-state index contributed by atoms with van der Waals surface area (Å²) in [6, 6.07) is 7.60. The molecule has 150 valence electrons. The van der Waals surface area contributed by atoms with E-state index in [2.05, 4.69) is 15.3 Å². The zero-order valence-electron chi connectivity index (χ0n) is 16.3. The molecule has 9 heteroatoms. The lowest BCUT2D eigenvalue weighted by molar-refractivity contribution is 0.324. The van der Waals surface area contributed by atoms with Crippen LogP contribution in [0, 0.1) is 6.92 Å². The van der Waals surface area contributed by atoms with Crippen molar-refractivity contribution in [3.63, 3.8) is 0 Å². The number of hydrogen-bond acceptors (Lipinski definition) is 8. The summed E-state index contributed by atoms with van der Waals surface area (Å²) >= 11 is 0. The lowest BCUT2D eigenvalue weighted by Gasteiger charge is -2.16. The molecule has 0 aliphatic rings. The van der Waals surface area contributed by atoms with E-state index in [4.69, 9.17) is 25.7 Å². The van der Waals surface area contributed by atoms with Gasteiger partial charge in [-0.3, -0.25) is 0 Å². The van der Waals surface area contributed by atoms with E-state index in [1.165, 1.54) is 0 Å². The molecule has 0 amide bonds. The Hall–Kier alpha value is -3.46. The van der Waals surface area contributed by atoms with Crippen molar-refractivity contribution in [1.82, 2.24) is 9.97 Å². The van der Waals surface area contributed by atoms with Crippen LogP contribution < -0.4 is 31.0 Å². The minimum absolute atomic E-state index is 0. The van der Waals surface area contributed by atoms with Crippen molar-refractivity contribution >= 4 is 28.4 Å². The summed E-state index contributed by atoms with van der Waals surface area (Å²) in [5.41, 5.74) is 15.4. The van der Waals surface area contributed by atoms with E-state index in [-0.39, 0.29) is 11.4 Å². The molecule has 9 nitrogen and oxygen atoms in total. The average Bonchev–Trinajstić information content (AvgIpc) is 2.65. The molecule has 1 heterocycles. The van der Waals surface area contributed by atoms with E-state index >= 15 is 0 Å². The normalized spacial score (nSPS) is 10.3. The SMILES string of the molecule is COc1cc(NCc2ccc3nc(N)nc(N)c3c2C)cc(OC)c1OC.O. The highest BCUT2D eigenvalue weighted by atomic mass is 16.5. The Morgan fingerprint density at radius 2 is 1.61 bits per heavy atom. The van der Waals surface area contributed by atoms with Gasteiger partial charge in [0.05, 0.1) is 26.8 Å². The molecule has 0 radical (unpaired) electrons. The maximum absolute atomic E-state index is 6.04. The fraction of sp³-hybridized carbons (Fsp3) is 0.263. The summed E-state index contributed by atoms with van der Waals surface area (Å²) < 4.78 is 16.1. The molecule has 3 rings (SSSR count). The van der Waals surface area contributed by atoms with Crippen molar-refractivity contribution in [3.8, 4) is 17.2 Å². The zero-order valence-corrected chi connectivity index (χ0v) is 16.3. The topological polar surface area (TPSA) is 149 Å². The molecule has 3 aromatic rings. The summed E-state index contributed by atoms with van der Waals surface area (Å²) in [6.07, 6.45) is 0. The number of anilines is 3. The number of hydrogen-bond donors (Lipinski definition) is 3. The number of rotatable bonds is 6. The summed E-state index contributed by atoms with van der Waals surface area (Å²) in [5.74, 6) is 2.27. The minimum atomic E-state index is 0. The molecule has 0 aliphatic carbocycles. The van der Waals surface area contributed by atoms with Gasteiger partial charge in [-0.15, -0.1) is 0 Å². The van der Waals surface area contributed by atoms with Gasteiger partial charge >= 0.3 is 0 Å². The molecule has 2 aromatic carbocycles. The number of aromatic nitrogens is 2. The van der Waals surface area contributed by atoms with Crippen molar-refractivity contribution in [1.29, 1.82) is 0 Å². The minimum Gasteiger partial charge on any atom is -0.493 e. The summed E-state index contributed by atoms with van der Waals surface area (Å²) in [5, 5.41) is 4.19. The van der Waals surface area contributed by atoms with Crippen molar-refractivity contribution in [3.05, 3.63) is 35.4 Å². The predicted molar refractivity (Wildman–Crippen MR) is 110 cm³/mol. The van der Waals surface area contributed by atoms with E-state index in [9.17, 15) is 0 Å². The molecule has 0 aliphatic heterocycles. The summed E-state index contributed by atoms with van der Waals surface area (Å²) in [6.45, 7) is 2.56. The molecule has 0 bridgehead atoms. The van der Waals surface area contributed by atoms with Crippen molar-refractivity contribution in [2.24, 2.45) is 0 Å². The van der Waals surface area contributed by atoms with E-state index < -0.39 is 0 Å². The number of benzene rings is 2. The van der Waals surface area contributed by atoms with Crippen LogP contribution in [0.2, 0.25) is 0 Å². The smallest absolute Gasteiger partial charge is 0.222 e. The highest BCUT2D eigenvalue weighted by molar-refractivity contribution is 5.92. The maximum Gasteiger partial charge on any atom is 0.222 e. The van der Waals surface area contributed by atoms with E-state index in [1.807, 2.05) is 31.2 Å². The fourth-order valence-corrected chi connectivity index (χ4v) is 3.06. The van der Waals surface area contributed by atoms with Crippen LogP contribution in [0.25, 0.3) is 10.9 Å². The third-order valence-corrected chi connectivity index (χ3v) is 4.43. The van der Waals surface area contributed by atoms with Gasteiger partial charge in [-0.1, -0.05) is 6.07 Å². The maximum atomic E-state index is 6.04. The van der Waals surface area contributed by atoms with Gasteiger partial charge in [0.1, 0.15) is 5.82 Å². The van der Waals surface area contributed by atoms with Crippen LogP contribution >= 0.6 is 0 Å². The number of aryl methyl sites for hydroxylation is 1. The third-order valence-electron chi connectivity index (χ3n) is 4.43. The second-order valence-electron chi connectivity index (χ2n) is 5.98. The first-order valence-electron chi connectivity index (χ1n) is 8.33. The Morgan fingerprint density at radius 3 is 2.18 bits per heavy atom. The number of ether oxygens (including phenoxy) is 3. The Kier molecular flexibility index (Phi) is 6.32. The summed E-state index contributed by atoms with van der Waals surface area (Å²) in [7, 11) is 4.75. The molecule has 7 N–H and O–H groups in total. The molecule has 0 saturated heterocycles. The third kappa shape index (κ3) is 3.79. The van der Waals surface area contributed by atoms with Gasteiger partial charge in [-0.25, -0.2) is 4.98 Å². The van der Waals surface area contributed by atoms with Crippen LogP contribution in [0.5, 0.6) is 17.2 Å². The average molecular weight is 387 g/mol. The second kappa shape index (κ2) is 8.49. The monoisotopic (exact) mass is 387 g/mol. The van der Waals surface area contributed by atoms with Crippen molar-refractivity contribution in [2.75, 3.05) is 38.1 Å². The van der Waals surface area contributed by atoms with Gasteiger partial charge in [0.25, 0.3) is 0 Å². The molecular formula is C19H25N5O4. The molecular weight excluding hydrogens is 362 g/mol. The lowest BCUT2D eigenvalue weighted by atomic mass is 10.0. The standard InChI is InChI=1S/C19H23N5O3.H2O/c1-10-11(5-6-13-16(10)18(20)24-19(21)23-13)9-22-12-7-14(25-2)17(27-4)15(8-12)26-3;/h5-8,22H,9H2,1-4H3,(H4,20,21,23,24);1H2. The van der Waals surface area contributed by atoms with E-state index in [0.717, 1.165) is 27.7 Å². The predicted octanol–water partition coefficient (Wildman–Crippen LogP) is 1.92. The number of nitrogens with zero attached hydrogens (tertiary/aromatic N) is 2. The molecule has 0 atom stereocenters. The van der Waals surface area contributed by atoms with Crippen LogP contribution in [0.1, 0.15) is 11.1 Å². The van der Waals surface area contributed by atoms with Gasteiger partial charge in [0.15, 0.2) is 11.5 Å². The van der Waals surface area contributed by atoms with Gasteiger partial charge in [-0.2, -0.15) is 4.98 Å². The van der Waals surface area contributed by atoms with Crippen molar-refractivity contribution < 1.29 is 19.7 Å². The first-order valence-corrected chi connectivity index (χ1v) is 8.33. The summed E-state index contributed by atoms with van der Waals surface area (Å²) in [4.78, 5) is 8.30. The molecule has 0 spiro atoms. The van der Waals surface area contributed by atoms with Crippen LogP contribution in [0.3, 0.4) is 0 Å². The van der Waals surface area contributed by atoms with Gasteiger partial charge < -0.3 is 36.5 Å². The number of nitrogens with two attached hydrogens (primary N) is 2.